The largest absolute Gasteiger partial charge is 0.347 e. The molecule has 4 atom stereocenters. The van der Waals surface area contributed by atoms with Crippen LogP contribution in [0.1, 0.15) is 33.6 Å². The zero-order valence-electron chi connectivity index (χ0n) is 12.9. The lowest BCUT2D eigenvalue weighted by Crippen LogP contribution is -2.62. The van der Waals surface area contributed by atoms with E-state index in [1.54, 1.807) is 19.0 Å². The zero-order valence-corrected chi connectivity index (χ0v) is 12.9. The molecule has 1 rings (SSSR count). The van der Waals surface area contributed by atoms with Crippen LogP contribution in [0.2, 0.25) is 0 Å². The Balaban J connectivity index is 2.67. The van der Waals surface area contributed by atoms with Crippen molar-refractivity contribution in [2.75, 3.05) is 21.1 Å². The lowest BCUT2D eigenvalue weighted by atomic mass is 9.92. The fraction of sp³-hybridized carbons (Fsp3) is 0.857. The minimum atomic E-state index is -0.420. The van der Waals surface area contributed by atoms with Gasteiger partial charge in [0.1, 0.15) is 6.04 Å². The van der Waals surface area contributed by atoms with Crippen molar-refractivity contribution in [3.8, 4) is 0 Å². The molecular weight excluding hydrogens is 242 g/mol. The molecule has 0 spiro atoms. The minimum absolute atomic E-state index is 0.0268. The van der Waals surface area contributed by atoms with E-state index in [1.165, 1.54) is 0 Å². The number of amides is 2. The molecule has 0 saturated carbocycles. The first-order chi connectivity index (χ1) is 8.79. The second kappa shape index (κ2) is 6.37. The molecule has 0 aromatic heterocycles. The summed E-state index contributed by atoms with van der Waals surface area (Å²) in [4.78, 5) is 28.0. The Hall–Kier alpha value is -1.10. The first-order valence-corrected chi connectivity index (χ1v) is 7.03. The Bertz CT molecular complexity index is 344. The van der Waals surface area contributed by atoms with Crippen LogP contribution in [0.25, 0.3) is 0 Å². The third-order valence-electron chi connectivity index (χ3n) is 4.27. The maximum Gasteiger partial charge on any atom is 0.244 e. The first-order valence-electron chi connectivity index (χ1n) is 7.03. The summed E-state index contributed by atoms with van der Waals surface area (Å²) in [5, 5.41) is 2.93. The van der Waals surface area contributed by atoms with E-state index in [4.69, 9.17) is 0 Å². The summed E-state index contributed by atoms with van der Waals surface area (Å²) in [7, 11) is 5.40. The molecular formula is C14H27N3O2. The lowest BCUT2D eigenvalue weighted by molar-refractivity contribution is -0.140. The Labute approximate surface area is 116 Å². The molecule has 1 saturated heterocycles. The van der Waals surface area contributed by atoms with Crippen molar-refractivity contribution in [3.63, 3.8) is 0 Å². The molecule has 1 N–H and O–H groups in total. The molecule has 0 bridgehead atoms. The van der Waals surface area contributed by atoms with E-state index in [0.717, 1.165) is 12.8 Å². The smallest absolute Gasteiger partial charge is 0.244 e. The van der Waals surface area contributed by atoms with Gasteiger partial charge in [-0.3, -0.25) is 14.5 Å². The molecule has 19 heavy (non-hydrogen) atoms. The molecule has 2 amide bonds. The van der Waals surface area contributed by atoms with E-state index >= 15 is 0 Å². The highest BCUT2D eigenvalue weighted by molar-refractivity contribution is 5.90. The van der Waals surface area contributed by atoms with Gasteiger partial charge in [-0.15, -0.1) is 0 Å². The van der Waals surface area contributed by atoms with Crippen LogP contribution in [0.4, 0.5) is 0 Å². The van der Waals surface area contributed by atoms with Crippen molar-refractivity contribution in [1.82, 2.24) is 15.1 Å². The van der Waals surface area contributed by atoms with Crippen LogP contribution >= 0.6 is 0 Å². The van der Waals surface area contributed by atoms with E-state index in [1.807, 2.05) is 25.8 Å². The number of hydrogen-bond donors (Lipinski definition) is 1. The van der Waals surface area contributed by atoms with Gasteiger partial charge in [-0.25, -0.2) is 0 Å². The third kappa shape index (κ3) is 3.47. The topological polar surface area (TPSA) is 52.7 Å². The van der Waals surface area contributed by atoms with Gasteiger partial charge in [0, 0.05) is 20.1 Å². The third-order valence-corrected chi connectivity index (χ3v) is 4.27. The summed E-state index contributed by atoms with van der Waals surface area (Å²) >= 11 is 0. The van der Waals surface area contributed by atoms with Gasteiger partial charge in [0.05, 0.1) is 6.04 Å². The maximum atomic E-state index is 12.2. The zero-order chi connectivity index (χ0) is 14.7. The quantitative estimate of drug-likeness (QED) is 0.799. The van der Waals surface area contributed by atoms with Gasteiger partial charge in [0.25, 0.3) is 0 Å². The average molecular weight is 269 g/mol. The highest BCUT2D eigenvalue weighted by Crippen LogP contribution is 2.23. The molecule has 0 aromatic carbocycles. The van der Waals surface area contributed by atoms with Crippen molar-refractivity contribution in [3.05, 3.63) is 0 Å². The van der Waals surface area contributed by atoms with E-state index < -0.39 is 6.04 Å². The minimum Gasteiger partial charge on any atom is -0.347 e. The Morgan fingerprint density at radius 2 is 2.00 bits per heavy atom. The number of carbonyl (C=O) groups excluding carboxylic acids is 2. The predicted molar refractivity (Wildman–Crippen MR) is 75.7 cm³/mol. The molecule has 0 aromatic rings. The number of likely N-dealkylation sites (tertiary alicyclic amines) is 1. The number of nitrogens with one attached hydrogen (secondary N) is 1. The van der Waals surface area contributed by atoms with Crippen LogP contribution in [-0.2, 0) is 9.59 Å². The second-order valence-corrected chi connectivity index (χ2v) is 5.87. The van der Waals surface area contributed by atoms with Crippen molar-refractivity contribution in [2.45, 2.75) is 51.7 Å². The van der Waals surface area contributed by atoms with E-state index in [-0.39, 0.29) is 23.8 Å². The molecule has 0 radical (unpaired) electrons. The number of likely N-dealkylation sites (N-methyl/N-ethyl adjacent to an activating group) is 2. The molecule has 2 unspecified atom stereocenters. The predicted octanol–water partition coefficient (Wildman–Crippen LogP) is 0.698. The fourth-order valence-electron chi connectivity index (χ4n) is 2.33. The van der Waals surface area contributed by atoms with Crippen molar-refractivity contribution < 1.29 is 9.59 Å². The summed E-state index contributed by atoms with van der Waals surface area (Å²) < 4.78 is 0. The summed E-state index contributed by atoms with van der Waals surface area (Å²) in [5.41, 5.74) is 0. The molecule has 5 heteroatoms. The monoisotopic (exact) mass is 269 g/mol. The van der Waals surface area contributed by atoms with E-state index in [0.29, 0.717) is 6.04 Å². The van der Waals surface area contributed by atoms with Crippen LogP contribution in [0.3, 0.4) is 0 Å². The van der Waals surface area contributed by atoms with Gasteiger partial charge >= 0.3 is 0 Å². The fourth-order valence-corrected chi connectivity index (χ4v) is 2.33. The van der Waals surface area contributed by atoms with Crippen molar-refractivity contribution in [2.24, 2.45) is 5.92 Å². The van der Waals surface area contributed by atoms with Crippen molar-refractivity contribution >= 4 is 11.8 Å². The summed E-state index contributed by atoms with van der Waals surface area (Å²) in [6.45, 7) is 6.13. The molecule has 5 nitrogen and oxygen atoms in total. The first kappa shape index (κ1) is 16.0. The van der Waals surface area contributed by atoms with Crippen molar-refractivity contribution in [1.29, 1.82) is 0 Å². The molecule has 1 heterocycles. The number of nitrogens with zero attached hydrogens (tertiary/aromatic N) is 2. The van der Waals surface area contributed by atoms with Gasteiger partial charge < -0.3 is 10.2 Å². The van der Waals surface area contributed by atoms with Crippen LogP contribution in [0.5, 0.6) is 0 Å². The number of carbonyl (C=O) groups is 2. The van der Waals surface area contributed by atoms with E-state index in [9.17, 15) is 9.59 Å². The normalized spacial score (nSPS) is 26.2. The molecule has 1 aliphatic heterocycles. The van der Waals surface area contributed by atoms with Gasteiger partial charge in [-0.1, -0.05) is 20.3 Å². The highest BCUT2D eigenvalue weighted by atomic mass is 16.2. The van der Waals surface area contributed by atoms with Crippen LogP contribution in [-0.4, -0.2) is 60.9 Å². The molecule has 1 fully saturated rings. The summed E-state index contributed by atoms with van der Waals surface area (Å²) in [6, 6.07) is -0.0596. The summed E-state index contributed by atoms with van der Waals surface area (Å²) in [6.07, 6.45) is 1.73. The SMILES string of the molecule is CC[C@H](C)[C@H](NC(=O)C1CC(C)N1C)C(=O)N(C)C. The number of rotatable bonds is 5. The number of hydrogen-bond acceptors (Lipinski definition) is 3. The van der Waals surface area contributed by atoms with Gasteiger partial charge in [0.2, 0.25) is 11.8 Å². The maximum absolute atomic E-state index is 12.2. The molecule has 1 aliphatic rings. The second-order valence-electron chi connectivity index (χ2n) is 5.87. The summed E-state index contributed by atoms with van der Waals surface area (Å²) in [5.74, 6) is 0.0838. The average Bonchev–Trinajstić information content (AvgIpc) is 2.39. The standard InChI is InChI=1S/C14H27N3O2/c1-7-9(2)12(14(19)16(4)5)15-13(18)11-8-10(3)17(11)6/h9-12H,7-8H2,1-6H3,(H,15,18)/t9-,10?,11?,12-/m0/s1. The van der Waals surface area contributed by atoms with E-state index in [2.05, 4.69) is 12.2 Å². The lowest BCUT2D eigenvalue weighted by Gasteiger charge is -2.44. The van der Waals surface area contributed by atoms with Gasteiger partial charge in [0.15, 0.2) is 0 Å². The van der Waals surface area contributed by atoms with Crippen LogP contribution in [0.15, 0.2) is 0 Å². The highest BCUT2D eigenvalue weighted by Gasteiger charge is 2.39. The Morgan fingerprint density at radius 1 is 1.42 bits per heavy atom. The Morgan fingerprint density at radius 3 is 2.37 bits per heavy atom. The van der Waals surface area contributed by atoms with Crippen LogP contribution < -0.4 is 5.32 Å². The molecule has 110 valence electrons. The van der Waals surface area contributed by atoms with Gasteiger partial charge in [-0.2, -0.15) is 0 Å². The Kier molecular flexibility index (Phi) is 5.35. The molecule has 0 aliphatic carbocycles. The van der Waals surface area contributed by atoms with Gasteiger partial charge in [-0.05, 0) is 26.3 Å². The van der Waals surface area contributed by atoms with Crippen LogP contribution in [0, 0.1) is 5.92 Å².